The number of fused-ring (bicyclic) bond motifs is 1. The van der Waals surface area contributed by atoms with Crippen molar-refractivity contribution >= 4 is 27.5 Å². The van der Waals surface area contributed by atoms with Gasteiger partial charge in [-0.2, -0.15) is 0 Å². The Balaban J connectivity index is 2.08. The van der Waals surface area contributed by atoms with Crippen LogP contribution in [0.3, 0.4) is 0 Å². The molecule has 3 rings (SSSR count). The monoisotopic (exact) mass is 319 g/mol. The van der Waals surface area contributed by atoms with Gasteiger partial charge in [-0.3, -0.25) is 4.79 Å². The second-order valence-corrected chi connectivity index (χ2v) is 4.84. The first kappa shape index (κ1) is 12.1. The van der Waals surface area contributed by atoms with E-state index in [4.69, 9.17) is 4.74 Å². The lowest BCUT2D eigenvalue weighted by atomic mass is 10.1. The third kappa shape index (κ3) is 2.19. The normalized spacial score (nSPS) is 14.0. The number of aromatic nitrogens is 2. The van der Waals surface area contributed by atoms with Crippen molar-refractivity contribution in [1.29, 1.82) is 0 Å². The number of benzene rings is 1. The highest BCUT2D eigenvalue weighted by molar-refractivity contribution is 9.10. The fraction of sp³-hybridized carbons (Fsp3) is 0.154. The van der Waals surface area contributed by atoms with Crippen molar-refractivity contribution in [2.24, 2.45) is 0 Å². The van der Waals surface area contributed by atoms with E-state index in [9.17, 15) is 4.79 Å². The van der Waals surface area contributed by atoms with Crippen molar-refractivity contribution < 1.29 is 9.53 Å². The van der Waals surface area contributed by atoms with E-state index in [1.54, 1.807) is 18.1 Å². The zero-order valence-electron chi connectivity index (χ0n) is 10.1. The van der Waals surface area contributed by atoms with Gasteiger partial charge < -0.3 is 9.64 Å². The second kappa shape index (κ2) is 4.62. The Morgan fingerprint density at radius 1 is 1.37 bits per heavy atom. The molecule has 0 atom stereocenters. The van der Waals surface area contributed by atoms with E-state index >= 15 is 0 Å². The van der Waals surface area contributed by atoms with Crippen molar-refractivity contribution in [1.82, 2.24) is 9.97 Å². The number of anilines is 1. The summed E-state index contributed by atoms with van der Waals surface area (Å²) in [6.45, 7) is 0.0852. The van der Waals surface area contributed by atoms with Crippen molar-refractivity contribution in [3.63, 3.8) is 0 Å². The first-order valence-corrected chi connectivity index (χ1v) is 6.47. The van der Waals surface area contributed by atoms with Crippen LogP contribution < -0.4 is 9.64 Å². The second-order valence-electron chi connectivity index (χ2n) is 4.13. The van der Waals surface area contributed by atoms with E-state index in [1.165, 1.54) is 0 Å². The summed E-state index contributed by atoms with van der Waals surface area (Å²) >= 11 is 3.24. The maximum absolute atomic E-state index is 11.6. The lowest BCUT2D eigenvalue weighted by molar-refractivity contribution is -0.120. The molecule has 0 fully saturated rings. The molecule has 0 radical (unpaired) electrons. The largest absolute Gasteiger partial charge is 0.482 e. The first-order valence-electron chi connectivity index (χ1n) is 5.67. The zero-order valence-corrected chi connectivity index (χ0v) is 11.7. The third-order valence-corrected chi connectivity index (χ3v) is 3.35. The highest BCUT2D eigenvalue weighted by Gasteiger charge is 2.22. The van der Waals surface area contributed by atoms with E-state index in [-0.39, 0.29) is 12.5 Å². The summed E-state index contributed by atoms with van der Waals surface area (Å²) in [5.41, 5.74) is 2.45. The Kier molecular flexibility index (Phi) is 2.94. The van der Waals surface area contributed by atoms with Gasteiger partial charge in [0.05, 0.1) is 11.4 Å². The molecule has 1 aromatic carbocycles. The SMILES string of the molecule is CN1C(=O)COc2ccc(-c3ccnc(Br)n3)cc21. The molecule has 0 saturated carbocycles. The van der Waals surface area contributed by atoms with Gasteiger partial charge in [0, 0.05) is 18.8 Å². The third-order valence-electron chi connectivity index (χ3n) is 2.97. The van der Waals surface area contributed by atoms with E-state index in [0.717, 1.165) is 16.9 Å². The summed E-state index contributed by atoms with van der Waals surface area (Å²) in [5.74, 6) is 0.646. The highest BCUT2D eigenvalue weighted by Crippen LogP contribution is 2.34. The Morgan fingerprint density at radius 3 is 3.00 bits per heavy atom. The topological polar surface area (TPSA) is 55.3 Å². The van der Waals surface area contributed by atoms with Crippen LogP contribution in [-0.2, 0) is 4.79 Å². The summed E-state index contributed by atoms with van der Waals surface area (Å²) in [4.78, 5) is 21.5. The van der Waals surface area contributed by atoms with Crippen LogP contribution in [-0.4, -0.2) is 29.5 Å². The van der Waals surface area contributed by atoms with Gasteiger partial charge in [0.25, 0.3) is 5.91 Å². The van der Waals surface area contributed by atoms with Crippen LogP contribution in [0.2, 0.25) is 0 Å². The lowest BCUT2D eigenvalue weighted by Gasteiger charge is -2.26. The van der Waals surface area contributed by atoms with Crippen LogP contribution >= 0.6 is 15.9 Å². The Morgan fingerprint density at radius 2 is 2.21 bits per heavy atom. The predicted octanol–water partition coefficient (Wildman–Crippen LogP) is 2.26. The number of carbonyl (C=O) groups excluding carboxylic acids is 1. The van der Waals surface area contributed by atoms with Crippen LogP contribution in [0.15, 0.2) is 35.2 Å². The quantitative estimate of drug-likeness (QED) is 0.757. The molecule has 0 unspecified atom stereocenters. The molecule has 0 bridgehead atoms. The molecule has 1 aromatic heterocycles. The molecule has 0 spiro atoms. The number of ether oxygens (including phenoxy) is 1. The average molecular weight is 320 g/mol. The van der Waals surface area contributed by atoms with Gasteiger partial charge in [-0.25, -0.2) is 9.97 Å². The Labute approximate surface area is 118 Å². The molecule has 2 aromatic rings. The summed E-state index contributed by atoms with van der Waals surface area (Å²) < 4.78 is 5.92. The minimum absolute atomic E-state index is 0.0616. The van der Waals surface area contributed by atoms with E-state index < -0.39 is 0 Å². The van der Waals surface area contributed by atoms with Gasteiger partial charge in [-0.15, -0.1) is 0 Å². The molecular formula is C13H10BrN3O2. The van der Waals surface area contributed by atoms with Crippen molar-refractivity contribution in [2.45, 2.75) is 0 Å². The number of halogens is 1. The van der Waals surface area contributed by atoms with Gasteiger partial charge in [0.2, 0.25) is 0 Å². The van der Waals surface area contributed by atoms with Crippen LogP contribution in [0, 0.1) is 0 Å². The maximum atomic E-state index is 11.6. The molecule has 19 heavy (non-hydrogen) atoms. The highest BCUT2D eigenvalue weighted by atomic mass is 79.9. The molecule has 1 aliphatic rings. The van der Waals surface area contributed by atoms with Crippen LogP contribution in [0.25, 0.3) is 11.3 Å². The molecule has 96 valence electrons. The van der Waals surface area contributed by atoms with Gasteiger partial charge in [-0.05, 0) is 40.2 Å². The number of nitrogens with zero attached hydrogens (tertiary/aromatic N) is 3. The summed E-state index contributed by atoms with van der Waals surface area (Å²) in [5, 5.41) is 0. The van der Waals surface area contributed by atoms with E-state index in [2.05, 4.69) is 25.9 Å². The van der Waals surface area contributed by atoms with E-state index in [0.29, 0.717) is 10.5 Å². The van der Waals surface area contributed by atoms with Gasteiger partial charge in [0.1, 0.15) is 5.75 Å². The molecule has 0 N–H and O–H groups in total. The molecule has 1 aliphatic heterocycles. The molecule has 0 aliphatic carbocycles. The zero-order chi connectivity index (χ0) is 13.4. The van der Waals surface area contributed by atoms with Crippen molar-refractivity contribution in [3.8, 4) is 17.0 Å². The van der Waals surface area contributed by atoms with Crippen LogP contribution in [0.1, 0.15) is 0 Å². The smallest absolute Gasteiger partial charge is 0.264 e. The molecule has 1 amide bonds. The number of carbonyl (C=O) groups is 1. The molecule has 0 saturated heterocycles. The number of hydrogen-bond acceptors (Lipinski definition) is 4. The fourth-order valence-corrected chi connectivity index (χ4v) is 2.24. The molecule has 5 nitrogen and oxygen atoms in total. The lowest BCUT2D eigenvalue weighted by Crippen LogP contribution is -2.35. The number of amides is 1. The standard InChI is InChI=1S/C13H10BrN3O2/c1-17-10-6-8(9-4-5-15-13(14)16-9)2-3-11(10)19-7-12(17)18/h2-6H,7H2,1H3. The van der Waals surface area contributed by atoms with Gasteiger partial charge >= 0.3 is 0 Å². The molecular weight excluding hydrogens is 310 g/mol. The minimum atomic E-state index is -0.0616. The molecule has 6 heteroatoms. The summed E-state index contributed by atoms with van der Waals surface area (Å²) in [6, 6.07) is 7.47. The predicted molar refractivity (Wildman–Crippen MR) is 74.1 cm³/mol. The average Bonchev–Trinajstić information content (AvgIpc) is 2.43. The van der Waals surface area contributed by atoms with Gasteiger partial charge in [-0.1, -0.05) is 0 Å². The summed E-state index contributed by atoms with van der Waals surface area (Å²) in [7, 11) is 1.74. The fourth-order valence-electron chi connectivity index (χ4n) is 1.93. The van der Waals surface area contributed by atoms with E-state index in [1.807, 2.05) is 24.3 Å². The molecule has 2 heterocycles. The van der Waals surface area contributed by atoms with Crippen molar-refractivity contribution in [2.75, 3.05) is 18.6 Å². The Bertz CT molecular complexity index is 660. The maximum Gasteiger partial charge on any atom is 0.264 e. The first-order chi connectivity index (χ1) is 9.15. The van der Waals surface area contributed by atoms with Crippen LogP contribution in [0.5, 0.6) is 5.75 Å². The Hall–Kier alpha value is -1.95. The summed E-state index contributed by atoms with van der Waals surface area (Å²) in [6.07, 6.45) is 1.68. The minimum Gasteiger partial charge on any atom is -0.482 e. The van der Waals surface area contributed by atoms with Crippen LogP contribution in [0.4, 0.5) is 5.69 Å². The number of hydrogen-bond donors (Lipinski definition) is 0. The van der Waals surface area contributed by atoms with Gasteiger partial charge in [0.15, 0.2) is 11.3 Å². The number of likely N-dealkylation sites (N-methyl/N-ethyl adjacent to an activating group) is 1. The van der Waals surface area contributed by atoms with Crippen molar-refractivity contribution in [3.05, 3.63) is 35.2 Å². The number of rotatable bonds is 1.